The maximum atomic E-state index is 14.5. The smallest absolute Gasteiger partial charge is 0.228 e. The number of hydrogen-bond donors (Lipinski definition) is 2. The topological polar surface area (TPSA) is 100 Å². The second-order valence-corrected chi connectivity index (χ2v) is 9.53. The van der Waals surface area contributed by atoms with Crippen LogP contribution in [0.2, 0.25) is 0 Å². The van der Waals surface area contributed by atoms with Crippen molar-refractivity contribution in [2.45, 2.75) is 38.6 Å². The Bertz CT molecular complexity index is 1400. The zero-order chi connectivity index (χ0) is 23.4. The number of ether oxygens (including phenoxy) is 1. The van der Waals surface area contributed by atoms with Crippen LogP contribution < -0.4 is 10.1 Å². The first-order valence-corrected chi connectivity index (χ1v) is 11.6. The number of nitrogens with zero attached hydrogens (tertiary/aromatic N) is 5. The predicted molar refractivity (Wildman–Crippen MR) is 125 cm³/mol. The van der Waals surface area contributed by atoms with Crippen molar-refractivity contribution in [1.82, 2.24) is 29.2 Å². The van der Waals surface area contributed by atoms with Crippen molar-refractivity contribution in [1.29, 1.82) is 0 Å². The molecule has 0 unspecified atom stereocenters. The predicted octanol–water partition coefficient (Wildman–Crippen LogP) is 3.62. The lowest BCUT2D eigenvalue weighted by Gasteiger charge is -2.45. The highest BCUT2D eigenvalue weighted by atomic mass is 19.1. The fraction of sp³-hybridized carbons (Fsp3) is 0.417. The van der Waals surface area contributed by atoms with Gasteiger partial charge in [-0.15, -0.1) is 0 Å². The van der Waals surface area contributed by atoms with E-state index in [0.29, 0.717) is 28.4 Å². The van der Waals surface area contributed by atoms with E-state index in [1.807, 2.05) is 18.0 Å². The van der Waals surface area contributed by atoms with Crippen LogP contribution in [0.4, 0.5) is 10.3 Å². The van der Waals surface area contributed by atoms with E-state index in [1.54, 1.807) is 30.1 Å². The molecule has 4 aromatic rings. The number of amides is 1. The number of anilines is 1. The first-order chi connectivity index (χ1) is 16.4. The highest BCUT2D eigenvalue weighted by Crippen LogP contribution is 2.44. The van der Waals surface area contributed by atoms with Crippen LogP contribution in [0.1, 0.15) is 32.6 Å². The van der Waals surface area contributed by atoms with E-state index in [4.69, 9.17) is 4.74 Å². The van der Waals surface area contributed by atoms with Gasteiger partial charge in [0.15, 0.2) is 11.5 Å². The Morgan fingerprint density at radius 3 is 2.85 bits per heavy atom. The molecule has 9 nitrogen and oxygen atoms in total. The first kappa shape index (κ1) is 20.9. The normalized spacial score (nSPS) is 22.3. The molecule has 6 rings (SSSR count). The standard InChI is InChI=1S/C24H26FN7O2/c1-24(22(33)31-6-3-4-7-31)10-15(11-24)28-23-29-19-18(21(30-23)34-2)16(12-27-19)14-9-17(25)20-26-5-8-32(20)13-14/h5,8-9,12-13,15H,3-4,6-7,10-11H2,1-2H3,(H2,27,28,29,30). The number of aromatic nitrogens is 5. The van der Waals surface area contributed by atoms with Gasteiger partial charge in [-0.05, 0) is 31.7 Å². The van der Waals surface area contributed by atoms with Crippen LogP contribution in [0.3, 0.4) is 0 Å². The van der Waals surface area contributed by atoms with Gasteiger partial charge < -0.3 is 24.3 Å². The van der Waals surface area contributed by atoms with Crippen LogP contribution in [0, 0.1) is 11.2 Å². The molecule has 5 heterocycles. The summed E-state index contributed by atoms with van der Waals surface area (Å²) in [6.45, 7) is 3.79. The minimum absolute atomic E-state index is 0.117. The molecule has 0 spiro atoms. The summed E-state index contributed by atoms with van der Waals surface area (Å²) in [6.07, 6.45) is 10.5. The van der Waals surface area contributed by atoms with Gasteiger partial charge in [-0.3, -0.25) is 4.79 Å². The van der Waals surface area contributed by atoms with Gasteiger partial charge in [0.05, 0.1) is 17.9 Å². The molecule has 2 aliphatic rings. The molecule has 2 fully saturated rings. The van der Waals surface area contributed by atoms with Gasteiger partial charge in [-0.1, -0.05) is 6.92 Å². The Morgan fingerprint density at radius 2 is 2.09 bits per heavy atom. The number of nitrogens with one attached hydrogen (secondary N) is 2. The van der Waals surface area contributed by atoms with Crippen molar-refractivity contribution in [3.05, 3.63) is 36.7 Å². The summed E-state index contributed by atoms with van der Waals surface area (Å²) in [7, 11) is 1.55. The number of H-pyrrole nitrogens is 1. The number of halogens is 1. The molecule has 0 radical (unpaired) electrons. The van der Waals surface area contributed by atoms with Crippen molar-refractivity contribution in [2.24, 2.45) is 5.41 Å². The Balaban J connectivity index is 1.26. The molecule has 1 aliphatic carbocycles. The number of pyridine rings is 1. The molecule has 1 saturated carbocycles. The van der Waals surface area contributed by atoms with E-state index in [9.17, 15) is 9.18 Å². The Morgan fingerprint density at radius 1 is 1.29 bits per heavy atom. The van der Waals surface area contributed by atoms with Crippen molar-refractivity contribution < 1.29 is 13.9 Å². The molecule has 1 amide bonds. The van der Waals surface area contributed by atoms with Crippen LogP contribution in [0.25, 0.3) is 27.8 Å². The molecule has 1 saturated heterocycles. The lowest BCUT2D eigenvalue weighted by Crippen LogP contribution is -2.53. The van der Waals surface area contributed by atoms with Crippen molar-refractivity contribution in [2.75, 3.05) is 25.5 Å². The third-order valence-corrected chi connectivity index (χ3v) is 7.08. The lowest BCUT2D eigenvalue weighted by molar-refractivity contribution is -0.145. The van der Waals surface area contributed by atoms with Gasteiger partial charge in [0, 0.05) is 55.0 Å². The van der Waals surface area contributed by atoms with Gasteiger partial charge in [0.25, 0.3) is 0 Å². The summed E-state index contributed by atoms with van der Waals surface area (Å²) >= 11 is 0. The molecule has 176 valence electrons. The van der Waals surface area contributed by atoms with Gasteiger partial charge >= 0.3 is 0 Å². The van der Waals surface area contributed by atoms with Crippen LogP contribution in [-0.4, -0.2) is 61.4 Å². The Kier molecular flexibility index (Phi) is 4.72. The molecule has 2 N–H and O–H groups in total. The maximum absolute atomic E-state index is 14.5. The third kappa shape index (κ3) is 3.27. The number of likely N-dealkylation sites (tertiary alicyclic amines) is 1. The first-order valence-electron chi connectivity index (χ1n) is 11.6. The quantitative estimate of drug-likeness (QED) is 0.469. The van der Waals surface area contributed by atoms with Gasteiger partial charge in [0.1, 0.15) is 5.65 Å². The third-order valence-electron chi connectivity index (χ3n) is 7.08. The SMILES string of the molecule is COc1nc(NC2CC(C)(C(=O)N3CCCC3)C2)nc2[nH]cc(-c3cc(F)c4nccn4c3)c12. The molecule has 0 aromatic carbocycles. The van der Waals surface area contributed by atoms with Gasteiger partial charge in [-0.2, -0.15) is 9.97 Å². The fourth-order valence-electron chi connectivity index (χ4n) is 5.37. The lowest BCUT2D eigenvalue weighted by atomic mass is 9.66. The van der Waals surface area contributed by atoms with Crippen molar-refractivity contribution in [3.8, 4) is 17.0 Å². The number of rotatable bonds is 5. The van der Waals surface area contributed by atoms with Crippen LogP contribution in [0.15, 0.2) is 30.9 Å². The molecule has 10 heteroatoms. The van der Waals surface area contributed by atoms with E-state index < -0.39 is 5.82 Å². The van der Waals surface area contributed by atoms with Crippen molar-refractivity contribution >= 4 is 28.5 Å². The molecule has 1 aliphatic heterocycles. The minimum atomic E-state index is -0.411. The highest BCUT2D eigenvalue weighted by molar-refractivity contribution is 5.97. The molecule has 0 atom stereocenters. The summed E-state index contributed by atoms with van der Waals surface area (Å²) in [4.78, 5) is 31.2. The number of hydrogen-bond acceptors (Lipinski definition) is 6. The van der Waals surface area contributed by atoms with Crippen LogP contribution >= 0.6 is 0 Å². The van der Waals surface area contributed by atoms with Crippen LogP contribution in [-0.2, 0) is 4.79 Å². The Labute approximate surface area is 195 Å². The fourth-order valence-corrected chi connectivity index (χ4v) is 5.37. The van der Waals surface area contributed by atoms with Crippen LogP contribution in [0.5, 0.6) is 5.88 Å². The minimum Gasteiger partial charge on any atom is -0.480 e. The van der Waals surface area contributed by atoms with Gasteiger partial charge in [0.2, 0.25) is 17.7 Å². The second-order valence-electron chi connectivity index (χ2n) is 9.53. The van der Waals surface area contributed by atoms with E-state index >= 15 is 0 Å². The van der Waals surface area contributed by atoms with Gasteiger partial charge in [-0.25, -0.2) is 9.37 Å². The monoisotopic (exact) mass is 463 g/mol. The number of imidazole rings is 1. The number of aromatic amines is 1. The highest BCUT2D eigenvalue weighted by Gasteiger charge is 2.48. The summed E-state index contributed by atoms with van der Waals surface area (Å²) in [5, 5.41) is 4.03. The van der Waals surface area contributed by atoms with E-state index in [-0.39, 0.29) is 23.0 Å². The number of methoxy groups -OCH3 is 1. The second kappa shape index (κ2) is 7.68. The molecular formula is C24H26FN7O2. The average Bonchev–Trinajstić information content (AvgIpc) is 3.57. The zero-order valence-electron chi connectivity index (χ0n) is 19.1. The van der Waals surface area contributed by atoms with E-state index in [1.165, 1.54) is 6.07 Å². The average molecular weight is 464 g/mol. The molecule has 0 bridgehead atoms. The zero-order valence-corrected chi connectivity index (χ0v) is 19.1. The van der Waals surface area contributed by atoms with Crippen molar-refractivity contribution in [3.63, 3.8) is 0 Å². The summed E-state index contributed by atoms with van der Waals surface area (Å²) < 4.78 is 21.8. The number of carbonyl (C=O) groups excluding carboxylic acids is 1. The maximum Gasteiger partial charge on any atom is 0.228 e. The molecular weight excluding hydrogens is 437 g/mol. The van der Waals surface area contributed by atoms with E-state index in [2.05, 4.69) is 25.3 Å². The molecule has 4 aromatic heterocycles. The molecule has 34 heavy (non-hydrogen) atoms. The summed E-state index contributed by atoms with van der Waals surface area (Å²) in [6, 6.07) is 1.56. The Hall–Kier alpha value is -3.69. The summed E-state index contributed by atoms with van der Waals surface area (Å²) in [5.74, 6) is 0.680. The number of fused-ring (bicyclic) bond motifs is 2. The summed E-state index contributed by atoms with van der Waals surface area (Å²) in [5.41, 5.74) is 1.93. The number of carbonyl (C=O) groups is 1. The van der Waals surface area contributed by atoms with E-state index in [0.717, 1.165) is 44.3 Å². The largest absolute Gasteiger partial charge is 0.480 e.